The van der Waals surface area contributed by atoms with Gasteiger partial charge in [-0.1, -0.05) is 6.08 Å². The summed E-state index contributed by atoms with van der Waals surface area (Å²) in [7, 11) is 0. The first-order valence-electron chi connectivity index (χ1n) is 6.80. The maximum atomic E-state index is 11.7. The highest BCUT2D eigenvalue weighted by molar-refractivity contribution is 5.98. The summed E-state index contributed by atoms with van der Waals surface area (Å²) in [6, 6.07) is 4.10. The van der Waals surface area contributed by atoms with Crippen molar-refractivity contribution in [1.29, 1.82) is 0 Å². The lowest BCUT2D eigenvalue weighted by atomic mass is 10.0. The number of benzene rings is 1. The number of phenols is 1. The topological polar surface area (TPSA) is 108 Å². The number of fused-ring (bicyclic) bond motifs is 1. The van der Waals surface area contributed by atoms with Gasteiger partial charge in [0, 0.05) is 24.5 Å². The summed E-state index contributed by atoms with van der Waals surface area (Å²) < 4.78 is 5.01. The van der Waals surface area contributed by atoms with Crippen LogP contribution in [0.5, 0.6) is 5.75 Å². The van der Waals surface area contributed by atoms with Crippen LogP contribution in [0.25, 0.3) is 11.0 Å². The third kappa shape index (κ3) is 3.39. The van der Waals surface area contributed by atoms with E-state index >= 15 is 0 Å². The number of phenolic OH excluding ortho intramolecular Hbond substituents is 1. The van der Waals surface area contributed by atoms with E-state index < -0.39 is 11.7 Å². The average Bonchev–Trinajstić information content (AvgIpc) is 2.50. The number of amides is 1. The number of hydrogen-bond donors (Lipinski definition) is 2. The second-order valence-corrected chi connectivity index (χ2v) is 4.85. The predicted molar refractivity (Wildman–Crippen MR) is 83.0 cm³/mol. The fourth-order valence-electron chi connectivity index (χ4n) is 2.30. The summed E-state index contributed by atoms with van der Waals surface area (Å²) in [5.74, 6) is -0.286. The molecule has 1 heterocycles. The second kappa shape index (κ2) is 6.78. The van der Waals surface area contributed by atoms with E-state index in [0.29, 0.717) is 17.2 Å². The monoisotopic (exact) mass is 317 g/mol. The van der Waals surface area contributed by atoms with Crippen molar-refractivity contribution in [3.8, 4) is 5.75 Å². The molecular weight excluding hydrogens is 302 g/mol. The van der Waals surface area contributed by atoms with Crippen LogP contribution in [0.4, 0.5) is 4.79 Å². The Balaban J connectivity index is 2.45. The lowest BCUT2D eigenvalue weighted by Gasteiger charge is -2.17. The number of carbonyl (C=O) groups excluding carboxylic acids is 1. The van der Waals surface area contributed by atoms with Crippen LogP contribution in [-0.2, 0) is 6.42 Å². The molecule has 1 aromatic carbocycles. The number of rotatable bonds is 6. The first-order valence-corrected chi connectivity index (χ1v) is 6.80. The minimum absolute atomic E-state index is 0.00639. The molecule has 7 nitrogen and oxygen atoms in total. The summed E-state index contributed by atoms with van der Waals surface area (Å²) in [4.78, 5) is 35.0. The lowest BCUT2D eigenvalue weighted by molar-refractivity contribution is 0.112. The predicted octanol–water partition coefficient (Wildman–Crippen LogP) is 2.02. The van der Waals surface area contributed by atoms with Gasteiger partial charge >= 0.3 is 11.7 Å². The molecule has 7 heteroatoms. The fourth-order valence-corrected chi connectivity index (χ4v) is 2.30. The van der Waals surface area contributed by atoms with E-state index in [-0.39, 0.29) is 36.4 Å². The van der Waals surface area contributed by atoms with E-state index in [9.17, 15) is 19.5 Å². The maximum Gasteiger partial charge on any atom is 0.407 e. The third-order valence-electron chi connectivity index (χ3n) is 3.40. The number of aldehydes is 1. The Bertz CT molecular complexity index is 823. The summed E-state index contributed by atoms with van der Waals surface area (Å²) in [5.41, 5.74) is -0.253. The van der Waals surface area contributed by atoms with Crippen molar-refractivity contribution in [3.05, 3.63) is 52.4 Å². The molecular formula is C16H15NO6. The van der Waals surface area contributed by atoms with Gasteiger partial charge in [0.1, 0.15) is 5.75 Å². The zero-order valence-electron chi connectivity index (χ0n) is 12.2. The highest BCUT2D eigenvalue weighted by atomic mass is 16.4. The molecule has 23 heavy (non-hydrogen) atoms. The standard InChI is InChI=1S/C16H15NO6/c1-2-6-17(16(21)22)7-5-10-8-14(20)23-15-11(10)3-4-13(19)12(15)9-18/h2-4,8-9,19H,1,5-7H2,(H,21,22). The molecule has 0 aliphatic heterocycles. The van der Waals surface area contributed by atoms with Crippen LogP contribution in [-0.4, -0.2) is 40.6 Å². The number of nitrogens with zero attached hydrogens (tertiary/aromatic N) is 1. The highest BCUT2D eigenvalue weighted by Gasteiger charge is 2.15. The van der Waals surface area contributed by atoms with Gasteiger partial charge in [-0.05, 0) is 24.1 Å². The van der Waals surface area contributed by atoms with Gasteiger partial charge in [0.2, 0.25) is 0 Å². The summed E-state index contributed by atoms with van der Waals surface area (Å²) in [6.07, 6.45) is 1.04. The Labute approximate surface area is 131 Å². The van der Waals surface area contributed by atoms with Crippen LogP contribution in [0.3, 0.4) is 0 Å². The van der Waals surface area contributed by atoms with Gasteiger partial charge in [0.05, 0.1) is 5.56 Å². The molecule has 1 aromatic heterocycles. The van der Waals surface area contributed by atoms with Gasteiger partial charge in [-0.2, -0.15) is 0 Å². The number of carboxylic acid groups (broad SMARTS) is 1. The van der Waals surface area contributed by atoms with E-state index in [4.69, 9.17) is 9.52 Å². The molecule has 2 N–H and O–H groups in total. The maximum absolute atomic E-state index is 11.7. The molecule has 0 aliphatic carbocycles. The molecule has 0 bridgehead atoms. The summed E-state index contributed by atoms with van der Waals surface area (Å²) >= 11 is 0. The molecule has 0 fully saturated rings. The first kappa shape index (κ1) is 16.3. The Morgan fingerprint density at radius 3 is 2.74 bits per heavy atom. The van der Waals surface area contributed by atoms with Crippen molar-refractivity contribution in [1.82, 2.24) is 4.90 Å². The van der Waals surface area contributed by atoms with Crippen molar-refractivity contribution in [2.24, 2.45) is 0 Å². The molecule has 1 amide bonds. The molecule has 0 radical (unpaired) electrons. The van der Waals surface area contributed by atoms with Gasteiger partial charge in [-0.15, -0.1) is 6.58 Å². The minimum atomic E-state index is -1.09. The molecule has 0 spiro atoms. The quantitative estimate of drug-likeness (QED) is 0.479. The molecule has 0 atom stereocenters. The number of hydrogen-bond acceptors (Lipinski definition) is 5. The summed E-state index contributed by atoms with van der Waals surface area (Å²) in [5, 5.41) is 19.2. The first-order chi connectivity index (χ1) is 11.0. The van der Waals surface area contributed by atoms with Gasteiger partial charge in [-0.25, -0.2) is 9.59 Å². The molecule has 0 saturated heterocycles. The van der Waals surface area contributed by atoms with Gasteiger partial charge < -0.3 is 19.5 Å². The number of carbonyl (C=O) groups is 2. The summed E-state index contributed by atoms with van der Waals surface area (Å²) in [6.45, 7) is 3.81. The Morgan fingerprint density at radius 2 is 2.13 bits per heavy atom. The third-order valence-corrected chi connectivity index (χ3v) is 3.40. The van der Waals surface area contributed by atoms with E-state index in [1.807, 2.05) is 0 Å². The lowest BCUT2D eigenvalue weighted by Crippen LogP contribution is -2.31. The second-order valence-electron chi connectivity index (χ2n) is 4.85. The van der Waals surface area contributed by atoms with E-state index in [1.165, 1.54) is 24.3 Å². The Morgan fingerprint density at radius 1 is 1.39 bits per heavy atom. The molecule has 0 unspecified atom stereocenters. The van der Waals surface area contributed by atoms with Crippen molar-refractivity contribution in [2.45, 2.75) is 6.42 Å². The van der Waals surface area contributed by atoms with Crippen molar-refractivity contribution >= 4 is 23.3 Å². The zero-order chi connectivity index (χ0) is 17.0. The van der Waals surface area contributed by atoms with Crippen LogP contribution in [0.15, 0.2) is 40.1 Å². The van der Waals surface area contributed by atoms with Gasteiger partial charge in [0.15, 0.2) is 11.9 Å². The normalized spacial score (nSPS) is 10.4. The fraction of sp³-hybridized carbons (Fsp3) is 0.188. The van der Waals surface area contributed by atoms with Crippen LogP contribution in [0.2, 0.25) is 0 Å². The van der Waals surface area contributed by atoms with Crippen molar-refractivity contribution < 1.29 is 24.2 Å². The zero-order valence-corrected chi connectivity index (χ0v) is 12.2. The van der Waals surface area contributed by atoms with E-state index in [2.05, 4.69) is 6.58 Å². The highest BCUT2D eigenvalue weighted by Crippen LogP contribution is 2.27. The molecule has 0 aliphatic rings. The average molecular weight is 317 g/mol. The smallest absolute Gasteiger partial charge is 0.407 e. The van der Waals surface area contributed by atoms with E-state index in [0.717, 1.165) is 4.90 Å². The van der Waals surface area contributed by atoms with Crippen LogP contribution < -0.4 is 5.63 Å². The largest absolute Gasteiger partial charge is 0.507 e. The Kier molecular flexibility index (Phi) is 4.80. The van der Waals surface area contributed by atoms with Crippen molar-refractivity contribution in [3.63, 3.8) is 0 Å². The Hall–Kier alpha value is -3.09. The van der Waals surface area contributed by atoms with Gasteiger partial charge in [-0.3, -0.25) is 4.79 Å². The molecule has 0 saturated carbocycles. The molecule has 2 rings (SSSR count). The number of aromatic hydroxyl groups is 1. The van der Waals surface area contributed by atoms with Crippen LogP contribution >= 0.6 is 0 Å². The van der Waals surface area contributed by atoms with Crippen LogP contribution in [0, 0.1) is 0 Å². The van der Waals surface area contributed by atoms with E-state index in [1.54, 1.807) is 0 Å². The molecule has 2 aromatic rings. The van der Waals surface area contributed by atoms with Gasteiger partial charge in [0.25, 0.3) is 0 Å². The van der Waals surface area contributed by atoms with Crippen molar-refractivity contribution in [2.75, 3.05) is 13.1 Å². The van der Waals surface area contributed by atoms with Crippen LogP contribution in [0.1, 0.15) is 15.9 Å². The molecule has 120 valence electrons. The minimum Gasteiger partial charge on any atom is -0.507 e. The SMILES string of the molecule is C=CCN(CCc1cc(=O)oc2c(C=O)c(O)ccc12)C(=O)O.